The van der Waals surface area contributed by atoms with E-state index in [1.54, 1.807) is 18.5 Å². The molecule has 2 heterocycles. The fraction of sp³-hybridized carbons (Fsp3) is 0.286. The van der Waals surface area contributed by atoms with E-state index in [4.69, 9.17) is 12.2 Å². The third kappa shape index (κ3) is 1.10. The Morgan fingerprint density at radius 3 is 2.85 bits per heavy atom. The fourth-order valence-corrected chi connectivity index (χ4v) is 1.40. The molecule has 0 saturated heterocycles. The van der Waals surface area contributed by atoms with Gasteiger partial charge >= 0.3 is 0 Å². The van der Waals surface area contributed by atoms with Crippen molar-refractivity contribution in [1.29, 1.82) is 0 Å². The molecule has 2 N–H and O–H groups in total. The average Bonchev–Trinajstić information content (AvgIpc) is 2.44. The van der Waals surface area contributed by atoms with Crippen LogP contribution in [0.15, 0.2) is 4.79 Å². The number of nitrogens with one attached hydrogen (secondary N) is 2. The van der Waals surface area contributed by atoms with Crippen LogP contribution in [0.2, 0.25) is 0 Å². The Balaban J connectivity index is 3.13. The van der Waals surface area contributed by atoms with Crippen LogP contribution in [-0.2, 0) is 7.05 Å². The molecule has 0 aromatic carbocycles. The zero-order chi connectivity index (χ0) is 9.59. The molecule has 0 saturated carbocycles. The van der Waals surface area contributed by atoms with Crippen molar-refractivity contribution in [3.63, 3.8) is 0 Å². The smallest absolute Gasteiger partial charge is 0.277 e. The highest BCUT2D eigenvalue weighted by Crippen LogP contribution is 2.04. The quantitative estimate of drug-likeness (QED) is 0.607. The number of imidazole rings is 1. The molecule has 2 aromatic heterocycles. The second kappa shape index (κ2) is 2.53. The van der Waals surface area contributed by atoms with E-state index in [2.05, 4.69) is 15.0 Å². The van der Waals surface area contributed by atoms with Gasteiger partial charge in [-0.15, -0.1) is 0 Å². The van der Waals surface area contributed by atoms with Crippen molar-refractivity contribution in [1.82, 2.24) is 19.5 Å². The minimum absolute atomic E-state index is 0.223. The normalized spacial score (nSPS) is 10.9. The number of rotatable bonds is 0. The Kier molecular flexibility index (Phi) is 1.59. The third-order valence-electron chi connectivity index (χ3n) is 1.87. The summed E-state index contributed by atoms with van der Waals surface area (Å²) < 4.78 is 2.04. The maximum Gasteiger partial charge on any atom is 0.277 e. The van der Waals surface area contributed by atoms with E-state index in [0.717, 1.165) is 0 Å². The molecule has 0 aliphatic rings. The highest BCUT2D eigenvalue weighted by Gasteiger charge is 2.06. The van der Waals surface area contributed by atoms with Gasteiger partial charge in [-0.2, -0.15) is 0 Å². The summed E-state index contributed by atoms with van der Waals surface area (Å²) in [5.41, 5.74) is 0.832. The van der Waals surface area contributed by atoms with E-state index in [1.165, 1.54) is 0 Å². The lowest BCUT2D eigenvalue weighted by Crippen LogP contribution is -2.12. The Hall–Kier alpha value is -1.43. The number of aromatic nitrogens is 4. The first-order valence-corrected chi connectivity index (χ1v) is 4.16. The van der Waals surface area contributed by atoms with Crippen molar-refractivity contribution in [2.45, 2.75) is 6.92 Å². The molecule has 5 nitrogen and oxygen atoms in total. The number of aromatic amines is 2. The van der Waals surface area contributed by atoms with E-state index < -0.39 is 0 Å². The standard InChI is InChI=1S/C7H8N4OS/c1-3-8-4-5(9-3)11(2)7(13)10-6(4)12/h1-2H3,(H,8,9)(H,10,12,13). The van der Waals surface area contributed by atoms with Gasteiger partial charge in [0, 0.05) is 7.05 Å². The van der Waals surface area contributed by atoms with Crippen LogP contribution in [0.4, 0.5) is 0 Å². The van der Waals surface area contributed by atoms with Crippen molar-refractivity contribution >= 4 is 23.4 Å². The molecule has 0 aliphatic heterocycles. The van der Waals surface area contributed by atoms with Gasteiger partial charge in [-0.3, -0.25) is 9.78 Å². The summed E-state index contributed by atoms with van der Waals surface area (Å²) in [7, 11) is 1.76. The van der Waals surface area contributed by atoms with Crippen LogP contribution in [0, 0.1) is 11.7 Å². The Morgan fingerprint density at radius 2 is 2.15 bits per heavy atom. The first-order chi connectivity index (χ1) is 6.09. The van der Waals surface area contributed by atoms with Crippen LogP contribution >= 0.6 is 12.2 Å². The molecule has 2 rings (SSSR count). The minimum atomic E-state index is -0.223. The SMILES string of the molecule is Cc1nc2c([nH]1)c(=O)[nH]c(=S)n2C. The maximum atomic E-state index is 11.4. The van der Waals surface area contributed by atoms with E-state index in [9.17, 15) is 4.79 Å². The van der Waals surface area contributed by atoms with Gasteiger partial charge in [-0.25, -0.2) is 4.98 Å². The first kappa shape index (κ1) is 8.18. The Morgan fingerprint density at radius 1 is 1.46 bits per heavy atom. The second-order valence-corrected chi connectivity index (χ2v) is 3.23. The van der Waals surface area contributed by atoms with Crippen LogP contribution < -0.4 is 5.56 Å². The zero-order valence-corrected chi connectivity index (χ0v) is 8.03. The lowest BCUT2D eigenvalue weighted by atomic mass is 10.5. The lowest BCUT2D eigenvalue weighted by Gasteiger charge is -1.97. The summed E-state index contributed by atoms with van der Waals surface area (Å²) in [5, 5.41) is 0. The first-order valence-electron chi connectivity index (χ1n) is 3.75. The van der Waals surface area contributed by atoms with E-state index in [0.29, 0.717) is 21.8 Å². The van der Waals surface area contributed by atoms with Gasteiger partial charge in [-0.1, -0.05) is 0 Å². The van der Waals surface area contributed by atoms with Crippen molar-refractivity contribution < 1.29 is 0 Å². The van der Waals surface area contributed by atoms with Gasteiger partial charge in [0.15, 0.2) is 10.4 Å². The van der Waals surface area contributed by atoms with Gasteiger partial charge < -0.3 is 9.55 Å². The van der Waals surface area contributed by atoms with Crippen LogP contribution in [0.3, 0.4) is 0 Å². The summed E-state index contributed by atoms with van der Waals surface area (Å²) in [6.07, 6.45) is 0. The summed E-state index contributed by atoms with van der Waals surface area (Å²) in [4.78, 5) is 20.9. The predicted octanol–water partition coefficient (Wildman–Crippen LogP) is 0.628. The Bertz CT molecular complexity index is 576. The molecule has 68 valence electrons. The third-order valence-corrected chi connectivity index (χ3v) is 2.25. The molecule has 0 radical (unpaired) electrons. The highest BCUT2D eigenvalue weighted by atomic mass is 32.1. The number of aryl methyl sites for hydroxylation is 2. The fourth-order valence-electron chi connectivity index (χ4n) is 1.22. The molecule has 0 aliphatic carbocycles. The zero-order valence-electron chi connectivity index (χ0n) is 7.21. The number of fused-ring (bicyclic) bond motifs is 1. The lowest BCUT2D eigenvalue weighted by molar-refractivity contribution is 0.866. The van der Waals surface area contributed by atoms with Crippen LogP contribution in [-0.4, -0.2) is 19.5 Å². The van der Waals surface area contributed by atoms with Gasteiger partial charge in [0.25, 0.3) is 5.56 Å². The number of H-pyrrole nitrogens is 2. The van der Waals surface area contributed by atoms with Gasteiger partial charge in [-0.05, 0) is 19.1 Å². The number of hydrogen-bond acceptors (Lipinski definition) is 3. The molecular formula is C7H8N4OS. The minimum Gasteiger partial charge on any atom is -0.336 e. The summed E-state index contributed by atoms with van der Waals surface area (Å²) in [6.45, 7) is 1.79. The molecule has 0 amide bonds. The van der Waals surface area contributed by atoms with Crippen molar-refractivity contribution in [2.24, 2.45) is 7.05 Å². The molecule has 6 heteroatoms. The van der Waals surface area contributed by atoms with E-state index in [1.807, 2.05) is 0 Å². The van der Waals surface area contributed by atoms with Crippen molar-refractivity contribution in [3.05, 3.63) is 20.9 Å². The molecular weight excluding hydrogens is 188 g/mol. The monoisotopic (exact) mass is 196 g/mol. The van der Waals surface area contributed by atoms with Crippen LogP contribution in [0.5, 0.6) is 0 Å². The highest BCUT2D eigenvalue weighted by molar-refractivity contribution is 7.71. The van der Waals surface area contributed by atoms with Crippen LogP contribution in [0.1, 0.15) is 5.82 Å². The topological polar surface area (TPSA) is 66.5 Å². The molecule has 13 heavy (non-hydrogen) atoms. The number of nitrogens with zero attached hydrogens (tertiary/aromatic N) is 2. The summed E-state index contributed by atoms with van der Waals surface area (Å²) in [6, 6.07) is 0. The second-order valence-electron chi connectivity index (χ2n) is 2.84. The molecule has 0 fully saturated rings. The summed E-state index contributed by atoms with van der Waals surface area (Å²) in [5.74, 6) is 0.705. The molecule has 0 spiro atoms. The van der Waals surface area contributed by atoms with Crippen molar-refractivity contribution in [3.8, 4) is 0 Å². The van der Waals surface area contributed by atoms with Gasteiger partial charge in [0.05, 0.1) is 0 Å². The molecule has 0 bridgehead atoms. The average molecular weight is 196 g/mol. The summed E-state index contributed by atoms with van der Waals surface area (Å²) >= 11 is 4.93. The molecule has 2 aromatic rings. The van der Waals surface area contributed by atoms with Gasteiger partial charge in [0.2, 0.25) is 0 Å². The van der Waals surface area contributed by atoms with Gasteiger partial charge in [0.1, 0.15) is 11.3 Å². The van der Waals surface area contributed by atoms with Crippen molar-refractivity contribution in [2.75, 3.05) is 0 Å². The van der Waals surface area contributed by atoms with Crippen LogP contribution in [0.25, 0.3) is 11.2 Å². The maximum absolute atomic E-state index is 11.4. The van der Waals surface area contributed by atoms with E-state index in [-0.39, 0.29) is 5.56 Å². The number of hydrogen-bond donors (Lipinski definition) is 2. The predicted molar refractivity (Wildman–Crippen MR) is 51.3 cm³/mol. The van der Waals surface area contributed by atoms with E-state index >= 15 is 0 Å². The molecule has 0 atom stereocenters. The largest absolute Gasteiger partial charge is 0.336 e. The Labute approximate surface area is 78.4 Å². The molecule has 0 unspecified atom stereocenters.